The van der Waals surface area contributed by atoms with Gasteiger partial charge in [0.15, 0.2) is 0 Å². The number of nitrogens with two attached hydrogens (primary N) is 2. The molecule has 0 bridgehead atoms. The van der Waals surface area contributed by atoms with Crippen LogP contribution in [0.5, 0.6) is 0 Å². The van der Waals surface area contributed by atoms with Gasteiger partial charge in [-0.2, -0.15) is 0 Å². The number of para-hydroxylation sites is 1. The number of hydrogen-bond donors (Lipinski definition) is 2. The predicted molar refractivity (Wildman–Crippen MR) is 81.2 cm³/mol. The van der Waals surface area contributed by atoms with E-state index in [0.717, 1.165) is 12.0 Å². The Labute approximate surface area is 125 Å². The van der Waals surface area contributed by atoms with Crippen LogP contribution in [0.1, 0.15) is 25.3 Å². The number of hydrogen-bond acceptors (Lipinski definition) is 4. The van der Waals surface area contributed by atoms with Crippen LogP contribution in [0.2, 0.25) is 0 Å². The van der Waals surface area contributed by atoms with Crippen molar-refractivity contribution in [2.24, 2.45) is 5.73 Å². The second-order valence-electron chi connectivity index (χ2n) is 4.78. The highest BCUT2D eigenvalue weighted by Gasteiger charge is 2.17. The van der Waals surface area contributed by atoms with E-state index in [2.05, 4.69) is 0 Å². The summed E-state index contributed by atoms with van der Waals surface area (Å²) < 4.78 is 5.29. The lowest BCUT2D eigenvalue weighted by atomic mass is 10.1. The molecule has 1 aromatic carbocycles. The van der Waals surface area contributed by atoms with Gasteiger partial charge in [-0.15, -0.1) is 0 Å². The molecule has 0 aliphatic rings. The first-order valence-electron chi connectivity index (χ1n) is 7.01. The molecule has 116 valence electrons. The Morgan fingerprint density at radius 1 is 1.24 bits per heavy atom. The fourth-order valence-electron chi connectivity index (χ4n) is 1.87. The Morgan fingerprint density at radius 2 is 1.95 bits per heavy atom. The SMILES string of the molecule is CCCOCCC(=O)N(CC(N)=O)Cc1ccccc1N. The summed E-state index contributed by atoms with van der Waals surface area (Å²) in [6, 6.07) is 7.23. The summed E-state index contributed by atoms with van der Waals surface area (Å²) >= 11 is 0. The van der Waals surface area contributed by atoms with Gasteiger partial charge >= 0.3 is 0 Å². The van der Waals surface area contributed by atoms with Gasteiger partial charge in [-0.05, 0) is 18.1 Å². The van der Waals surface area contributed by atoms with E-state index in [4.69, 9.17) is 16.2 Å². The van der Waals surface area contributed by atoms with Crippen molar-refractivity contribution in [2.45, 2.75) is 26.3 Å². The number of primary amides is 1. The van der Waals surface area contributed by atoms with E-state index in [9.17, 15) is 9.59 Å². The third-order valence-electron chi connectivity index (χ3n) is 2.92. The van der Waals surface area contributed by atoms with Crippen LogP contribution in [-0.2, 0) is 20.9 Å². The monoisotopic (exact) mass is 293 g/mol. The second-order valence-corrected chi connectivity index (χ2v) is 4.78. The van der Waals surface area contributed by atoms with Crippen LogP contribution >= 0.6 is 0 Å². The molecular weight excluding hydrogens is 270 g/mol. The van der Waals surface area contributed by atoms with E-state index in [1.807, 2.05) is 25.1 Å². The molecule has 0 aliphatic heterocycles. The Bertz CT molecular complexity index is 477. The molecule has 2 amide bonds. The fraction of sp³-hybridized carbons (Fsp3) is 0.467. The van der Waals surface area contributed by atoms with Gasteiger partial charge in [0.1, 0.15) is 0 Å². The maximum Gasteiger partial charge on any atom is 0.237 e. The van der Waals surface area contributed by atoms with E-state index in [1.54, 1.807) is 6.07 Å². The van der Waals surface area contributed by atoms with Gasteiger partial charge in [0.2, 0.25) is 11.8 Å². The lowest BCUT2D eigenvalue weighted by molar-refractivity contribution is -0.136. The molecule has 1 aromatic rings. The van der Waals surface area contributed by atoms with Crippen LogP contribution in [0.4, 0.5) is 5.69 Å². The first-order valence-corrected chi connectivity index (χ1v) is 7.01. The van der Waals surface area contributed by atoms with E-state index in [-0.39, 0.29) is 25.4 Å². The minimum atomic E-state index is -0.549. The van der Waals surface area contributed by atoms with Gasteiger partial charge in [-0.25, -0.2) is 0 Å². The van der Waals surface area contributed by atoms with Gasteiger partial charge in [-0.3, -0.25) is 9.59 Å². The van der Waals surface area contributed by atoms with Crippen molar-refractivity contribution in [2.75, 3.05) is 25.5 Å². The van der Waals surface area contributed by atoms with Crippen molar-refractivity contribution >= 4 is 17.5 Å². The van der Waals surface area contributed by atoms with Gasteiger partial charge in [0.25, 0.3) is 0 Å². The van der Waals surface area contributed by atoms with Crippen LogP contribution in [0.25, 0.3) is 0 Å². The molecular formula is C15H23N3O3. The molecule has 6 heteroatoms. The second kappa shape index (κ2) is 8.97. The maximum absolute atomic E-state index is 12.2. The minimum Gasteiger partial charge on any atom is -0.398 e. The quantitative estimate of drug-likeness (QED) is 0.522. The van der Waals surface area contributed by atoms with Gasteiger partial charge in [0.05, 0.1) is 19.6 Å². The van der Waals surface area contributed by atoms with Gasteiger partial charge in [-0.1, -0.05) is 25.1 Å². The molecule has 0 aromatic heterocycles. The van der Waals surface area contributed by atoms with E-state index >= 15 is 0 Å². The van der Waals surface area contributed by atoms with Crippen molar-refractivity contribution in [1.82, 2.24) is 4.90 Å². The number of carbonyl (C=O) groups is 2. The van der Waals surface area contributed by atoms with Gasteiger partial charge in [0, 0.05) is 18.8 Å². The van der Waals surface area contributed by atoms with E-state index in [1.165, 1.54) is 4.90 Å². The van der Waals surface area contributed by atoms with E-state index in [0.29, 0.717) is 18.9 Å². The number of nitrogens with zero attached hydrogens (tertiary/aromatic N) is 1. The standard InChI is InChI=1S/C15H23N3O3/c1-2-8-21-9-7-15(20)18(11-14(17)19)10-12-5-3-4-6-13(12)16/h3-6H,2,7-11,16H2,1H3,(H2,17,19). The summed E-state index contributed by atoms with van der Waals surface area (Å²) in [5.74, 6) is -0.722. The Hall–Kier alpha value is -2.08. The Balaban J connectivity index is 2.64. The zero-order valence-corrected chi connectivity index (χ0v) is 12.4. The molecule has 0 aliphatic carbocycles. The van der Waals surface area contributed by atoms with Crippen molar-refractivity contribution in [3.05, 3.63) is 29.8 Å². The molecule has 0 saturated carbocycles. The summed E-state index contributed by atoms with van der Waals surface area (Å²) in [6.45, 7) is 3.10. The molecule has 1 rings (SSSR count). The lowest BCUT2D eigenvalue weighted by Gasteiger charge is -2.22. The molecule has 0 heterocycles. The van der Waals surface area contributed by atoms with Crippen molar-refractivity contribution < 1.29 is 14.3 Å². The smallest absolute Gasteiger partial charge is 0.237 e. The molecule has 6 nitrogen and oxygen atoms in total. The molecule has 0 fully saturated rings. The molecule has 0 radical (unpaired) electrons. The van der Waals surface area contributed by atoms with Crippen molar-refractivity contribution in [3.8, 4) is 0 Å². The Morgan fingerprint density at radius 3 is 2.57 bits per heavy atom. The lowest BCUT2D eigenvalue weighted by Crippen LogP contribution is -2.38. The molecule has 4 N–H and O–H groups in total. The number of rotatable bonds is 9. The van der Waals surface area contributed by atoms with Crippen LogP contribution in [0.3, 0.4) is 0 Å². The summed E-state index contributed by atoms with van der Waals surface area (Å²) in [6.07, 6.45) is 1.12. The first kappa shape index (κ1) is 17.0. The summed E-state index contributed by atoms with van der Waals surface area (Å²) in [5.41, 5.74) is 12.4. The molecule has 0 atom stereocenters. The summed E-state index contributed by atoms with van der Waals surface area (Å²) in [5, 5.41) is 0. The number of anilines is 1. The fourth-order valence-corrected chi connectivity index (χ4v) is 1.87. The molecule has 21 heavy (non-hydrogen) atoms. The van der Waals surface area contributed by atoms with Crippen LogP contribution in [0.15, 0.2) is 24.3 Å². The minimum absolute atomic E-state index is 0.124. The molecule has 0 spiro atoms. The Kier molecular flexibility index (Phi) is 7.25. The highest BCUT2D eigenvalue weighted by molar-refractivity contribution is 5.84. The number of ether oxygens (including phenoxy) is 1. The normalized spacial score (nSPS) is 10.3. The first-order chi connectivity index (χ1) is 10.0. The number of carbonyl (C=O) groups excluding carboxylic acids is 2. The highest BCUT2D eigenvalue weighted by atomic mass is 16.5. The third kappa shape index (κ3) is 6.27. The zero-order chi connectivity index (χ0) is 15.7. The molecule has 0 saturated heterocycles. The predicted octanol–water partition coefficient (Wildman–Crippen LogP) is 0.899. The van der Waals surface area contributed by atoms with Crippen molar-refractivity contribution in [3.63, 3.8) is 0 Å². The third-order valence-corrected chi connectivity index (χ3v) is 2.92. The highest BCUT2D eigenvalue weighted by Crippen LogP contribution is 2.14. The molecule has 0 unspecified atom stereocenters. The maximum atomic E-state index is 12.2. The van der Waals surface area contributed by atoms with E-state index < -0.39 is 5.91 Å². The van der Waals surface area contributed by atoms with Crippen LogP contribution in [0, 0.1) is 0 Å². The summed E-state index contributed by atoms with van der Waals surface area (Å²) in [4.78, 5) is 24.7. The number of benzene rings is 1. The van der Waals surface area contributed by atoms with Crippen LogP contribution in [-0.4, -0.2) is 36.5 Å². The average Bonchev–Trinajstić information content (AvgIpc) is 2.44. The number of amides is 2. The van der Waals surface area contributed by atoms with Gasteiger partial charge < -0.3 is 21.1 Å². The zero-order valence-electron chi connectivity index (χ0n) is 12.4. The van der Waals surface area contributed by atoms with Crippen molar-refractivity contribution in [1.29, 1.82) is 0 Å². The van der Waals surface area contributed by atoms with Crippen LogP contribution < -0.4 is 11.5 Å². The largest absolute Gasteiger partial charge is 0.398 e. The topological polar surface area (TPSA) is 98.6 Å². The average molecular weight is 293 g/mol. The number of nitrogen functional groups attached to an aromatic ring is 1. The summed E-state index contributed by atoms with van der Waals surface area (Å²) in [7, 11) is 0.